The van der Waals surface area contributed by atoms with Gasteiger partial charge in [0.05, 0.1) is 5.75 Å². The molecule has 3 rings (SSSR count). The highest BCUT2D eigenvalue weighted by molar-refractivity contribution is 7.99. The second-order valence-corrected chi connectivity index (χ2v) is 9.95. The lowest BCUT2D eigenvalue weighted by Gasteiger charge is -2.32. The first-order valence-electron chi connectivity index (χ1n) is 11.6. The molecule has 0 radical (unpaired) electrons. The molecule has 0 unspecified atom stereocenters. The number of nitrogens with zero attached hydrogens (tertiary/aromatic N) is 1. The number of aryl methyl sites for hydroxylation is 1. The number of nitrogens with one attached hydrogen (secondary N) is 1. The zero-order valence-corrected chi connectivity index (χ0v) is 20.9. The molecule has 1 N–H and O–H groups in total. The Bertz CT molecular complexity index is 945. The minimum absolute atomic E-state index is 0.0894. The Labute approximate surface area is 205 Å². The molecule has 2 aromatic carbocycles. The summed E-state index contributed by atoms with van der Waals surface area (Å²) in [4.78, 5) is 28.2. The molecule has 1 aliphatic rings. The molecule has 178 valence electrons. The summed E-state index contributed by atoms with van der Waals surface area (Å²) < 4.78 is 14.1. The van der Waals surface area contributed by atoms with Crippen molar-refractivity contribution in [3.05, 3.63) is 70.0 Å². The second-order valence-electron chi connectivity index (χ2n) is 8.56. The van der Waals surface area contributed by atoms with Crippen LogP contribution in [-0.2, 0) is 21.9 Å². The van der Waals surface area contributed by atoms with Crippen molar-refractivity contribution < 1.29 is 14.0 Å². The Morgan fingerprint density at radius 2 is 1.91 bits per heavy atom. The smallest absolute Gasteiger partial charge is 0.243 e. The first kappa shape index (κ1) is 25.6. The van der Waals surface area contributed by atoms with Crippen molar-refractivity contribution in [2.45, 2.75) is 70.3 Å². The number of carbonyl (C=O) groups excluding carboxylic acids is 2. The molecule has 1 atom stereocenters. The van der Waals surface area contributed by atoms with E-state index in [2.05, 4.69) is 5.32 Å². The fourth-order valence-corrected chi connectivity index (χ4v) is 5.50. The van der Waals surface area contributed by atoms with E-state index in [1.54, 1.807) is 17.0 Å². The summed E-state index contributed by atoms with van der Waals surface area (Å²) >= 11 is 7.44. The highest BCUT2D eigenvalue weighted by Gasteiger charge is 2.30. The molecule has 33 heavy (non-hydrogen) atoms. The van der Waals surface area contributed by atoms with E-state index in [0.29, 0.717) is 29.3 Å². The van der Waals surface area contributed by atoms with Crippen molar-refractivity contribution in [3.63, 3.8) is 0 Å². The van der Waals surface area contributed by atoms with Gasteiger partial charge in [0.2, 0.25) is 11.8 Å². The molecule has 0 aromatic heterocycles. The van der Waals surface area contributed by atoms with Crippen LogP contribution in [-0.4, -0.2) is 34.6 Å². The molecule has 4 nitrogen and oxygen atoms in total. The molecule has 0 spiro atoms. The molecule has 1 aliphatic carbocycles. The van der Waals surface area contributed by atoms with E-state index in [9.17, 15) is 14.0 Å². The molecule has 0 aliphatic heterocycles. The summed E-state index contributed by atoms with van der Waals surface area (Å²) in [6, 6.07) is 12.1. The Morgan fingerprint density at radius 1 is 1.18 bits per heavy atom. The highest BCUT2D eigenvalue weighted by Crippen LogP contribution is 2.25. The van der Waals surface area contributed by atoms with Crippen LogP contribution in [0.4, 0.5) is 4.39 Å². The zero-order chi connectivity index (χ0) is 23.8. The van der Waals surface area contributed by atoms with E-state index < -0.39 is 6.04 Å². The third-order valence-corrected chi connectivity index (χ3v) is 7.52. The summed E-state index contributed by atoms with van der Waals surface area (Å²) in [5, 5.41) is 3.51. The van der Waals surface area contributed by atoms with Gasteiger partial charge in [-0.2, -0.15) is 0 Å². The predicted molar refractivity (Wildman–Crippen MR) is 134 cm³/mol. The molecule has 7 heteroatoms. The van der Waals surface area contributed by atoms with Gasteiger partial charge in [-0.15, -0.1) is 11.8 Å². The number of amides is 2. The third-order valence-electron chi connectivity index (χ3n) is 6.22. The summed E-state index contributed by atoms with van der Waals surface area (Å²) in [5.41, 5.74) is 2.49. The lowest BCUT2D eigenvalue weighted by Crippen LogP contribution is -2.51. The van der Waals surface area contributed by atoms with Crippen molar-refractivity contribution in [2.24, 2.45) is 0 Å². The SMILES string of the molecule is CC[C@H](C(=O)NC1CCCC1)N(Cc1ccccc1C)C(=O)CSCc1c(F)cccc1Cl. The van der Waals surface area contributed by atoms with E-state index >= 15 is 0 Å². The second kappa shape index (κ2) is 12.4. The van der Waals surface area contributed by atoms with E-state index in [1.165, 1.54) is 17.8 Å². The molecule has 1 saturated carbocycles. The maximum Gasteiger partial charge on any atom is 0.243 e. The van der Waals surface area contributed by atoms with Crippen LogP contribution in [0.1, 0.15) is 55.7 Å². The molecule has 2 amide bonds. The van der Waals surface area contributed by atoms with Crippen LogP contribution in [0.2, 0.25) is 5.02 Å². The lowest BCUT2D eigenvalue weighted by atomic mass is 10.1. The van der Waals surface area contributed by atoms with Crippen molar-refractivity contribution in [1.29, 1.82) is 0 Å². The van der Waals surface area contributed by atoms with E-state index in [-0.39, 0.29) is 29.4 Å². The summed E-state index contributed by atoms with van der Waals surface area (Å²) in [7, 11) is 0. The van der Waals surface area contributed by atoms with Crippen LogP contribution in [0.25, 0.3) is 0 Å². The molecule has 2 aromatic rings. The fraction of sp³-hybridized carbons (Fsp3) is 0.462. The minimum Gasteiger partial charge on any atom is -0.352 e. The first-order chi connectivity index (χ1) is 15.9. The first-order valence-corrected chi connectivity index (χ1v) is 13.1. The van der Waals surface area contributed by atoms with Crippen molar-refractivity contribution in [1.82, 2.24) is 10.2 Å². The summed E-state index contributed by atoms with van der Waals surface area (Å²) in [6.45, 7) is 4.30. The monoisotopic (exact) mass is 490 g/mol. The minimum atomic E-state index is -0.546. The van der Waals surface area contributed by atoms with Gasteiger partial charge in [-0.1, -0.05) is 61.7 Å². The van der Waals surface area contributed by atoms with Gasteiger partial charge in [0, 0.05) is 28.9 Å². The Balaban J connectivity index is 1.73. The molecule has 0 saturated heterocycles. The van der Waals surface area contributed by atoms with Crippen LogP contribution in [0.3, 0.4) is 0 Å². The van der Waals surface area contributed by atoms with Crippen LogP contribution in [0.15, 0.2) is 42.5 Å². The molecule has 1 fully saturated rings. The van der Waals surface area contributed by atoms with Crippen LogP contribution >= 0.6 is 23.4 Å². The van der Waals surface area contributed by atoms with E-state index in [0.717, 1.165) is 36.8 Å². The average molecular weight is 491 g/mol. The lowest BCUT2D eigenvalue weighted by molar-refractivity contribution is -0.139. The van der Waals surface area contributed by atoms with Crippen LogP contribution < -0.4 is 5.32 Å². The Hall–Kier alpha value is -2.05. The average Bonchev–Trinajstić information content (AvgIpc) is 3.29. The normalized spacial score (nSPS) is 14.8. The standard InChI is InChI=1S/C26H32ClFN2O2S/c1-3-24(26(32)29-20-11-6-7-12-20)30(15-19-10-5-4-9-18(19)2)25(31)17-33-16-21-22(27)13-8-14-23(21)28/h4-5,8-10,13-14,20,24H,3,6-7,11-12,15-17H2,1-2H3,(H,29,32)/t24-/m1/s1. The van der Waals surface area contributed by atoms with Gasteiger partial charge < -0.3 is 10.2 Å². The number of thioether (sulfide) groups is 1. The van der Waals surface area contributed by atoms with Gasteiger partial charge >= 0.3 is 0 Å². The number of halogens is 2. The van der Waals surface area contributed by atoms with Crippen LogP contribution in [0, 0.1) is 12.7 Å². The number of benzene rings is 2. The largest absolute Gasteiger partial charge is 0.352 e. The molecular weight excluding hydrogens is 459 g/mol. The van der Waals surface area contributed by atoms with E-state index in [1.807, 2.05) is 38.1 Å². The Morgan fingerprint density at radius 3 is 2.58 bits per heavy atom. The van der Waals surface area contributed by atoms with Crippen molar-refractivity contribution in [2.75, 3.05) is 5.75 Å². The number of carbonyl (C=O) groups is 2. The summed E-state index contributed by atoms with van der Waals surface area (Å²) in [5.74, 6) is -0.163. The fourth-order valence-electron chi connectivity index (χ4n) is 4.25. The number of rotatable bonds is 10. The quantitative estimate of drug-likeness (QED) is 0.452. The highest BCUT2D eigenvalue weighted by atomic mass is 35.5. The molecule has 0 heterocycles. The van der Waals surface area contributed by atoms with Gasteiger partial charge in [-0.05, 0) is 49.4 Å². The van der Waals surface area contributed by atoms with E-state index in [4.69, 9.17) is 11.6 Å². The van der Waals surface area contributed by atoms with Gasteiger partial charge in [0.1, 0.15) is 11.9 Å². The van der Waals surface area contributed by atoms with Gasteiger partial charge in [0.25, 0.3) is 0 Å². The molecular formula is C26H32ClFN2O2S. The molecule has 0 bridgehead atoms. The maximum atomic E-state index is 14.1. The van der Waals surface area contributed by atoms with Gasteiger partial charge in [-0.3, -0.25) is 9.59 Å². The topological polar surface area (TPSA) is 49.4 Å². The van der Waals surface area contributed by atoms with Gasteiger partial charge in [-0.25, -0.2) is 4.39 Å². The van der Waals surface area contributed by atoms with Crippen molar-refractivity contribution in [3.8, 4) is 0 Å². The maximum absolute atomic E-state index is 14.1. The summed E-state index contributed by atoms with van der Waals surface area (Å²) in [6.07, 6.45) is 4.77. The number of hydrogen-bond donors (Lipinski definition) is 1. The third kappa shape index (κ3) is 6.97. The number of hydrogen-bond acceptors (Lipinski definition) is 3. The van der Waals surface area contributed by atoms with Gasteiger partial charge in [0.15, 0.2) is 0 Å². The zero-order valence-electron chi connectivity index (χ0n) is 19.3. The van der Waals surface area contributed by atoms with Crippen molar-refractivity contribution >= 4 is 35.2 Å². The Kier molecular flexibility index (Phi) is 9.63. The van der Waals surface area contributed by atoms with Crippen LogP contribution in [0.5, 0.6) is 0 Å². The predicted octanol–water partition coefficient (Wildman–Crippen LogP) is 5.89.